The Hall–Kier alpha value is -7.05. The third kappa shape index (κ3) is 4.20. The summed E-state index contributed by atoms with van der Waals surface area (Å²) in [7, 11) is 0. The summed E-state index contributed by atoms with van der Waals surface area (Å²) in [6, 6.07) is 55.5. The topological polar surface area (TPSA) is 61.7 Å². The zero-order chi connectivity index (χ0) is 33.5. The van der Waals surface area contributed by atoms with E-state index in [1.54, 1.807) is 6.20 Å². The molecular weight excluding hydrogens is 627 g/mol. The van der Waals surface area contributed by atoms with Crippen molar-refractivity contribution in [2.24, 2.45) is 0 Å². The van der Waals surface area contributed by atoms with Crippen LogP contribution in [0.2, 0.25) is 0 Å². The monoisotopic (exact) mass is 653 g/mol. The van der Waals surface area contributed by atoms with Crippen LogP contribution >= 0.6 is 0 Å². The van der Waals surface area contributed by atoms with Crippen molar-refractivity contribution in [3.05, 3.63) is 164 Å². The standard InChI is InChI=1S/C45H27N5O/c1-3-11-30(12-4-1)49-40-17-9-7-15-32(40)34-21-19-28(23-42(34)49)38-25-36-37-26-39(47-48-45(37)51-44(36)27-46-38)29-20-22-35-33-16-8-10-18-41(33)50(43(35)24-29)31-13-5-2-6-14-31/h1-27H. The van der Waals surface area contributed by atoms with Gasteiger partial charge in [-0.3, -0.25) is 4.98 Å². The molecule has 5 aromatic heterocycles. The van der Waals surface area contributed by atoms with Gasteiger partial charge < -0.3 is 13.6 Å². The molecule has 0 saturated heterocycles. The van der Waals surface area contributed by atoms with Crippen molar-refractivity contribution in [1.29, 1.82) is 0 Å². The first-order chi connectivity index (χ1) is 25.3. The molecule has 11 aromatic rings. The van der Waals surface area contributed by atoms with E-state index in [-0.39, 0.29) is 0 Å². The average molecular weight is 654 g/mol. The highest BCUT2D eigenvalue weighted by atomic mass is 16.3. The predicted molar refractivity (Wildman–Crippen MR) is 207 cm³/mol. The largest absolute Gasteiger partial charge is 0.435 e. The van der Waals surface area contributed by atoms with Crippen LogP contribution < -0.4 is 0 Å². The van der Waals surface area contributed by atoms with Gasteiger partial charge in [0.25, 0.3) is 0 Å². The summed E-state index contributed by atoms with van der Waals surface area (Å²) in [5, 5.41) is 15.9. The lowest BCUT2D eigenvalue weighted by molar-refractivity contribution is 0.644. The molecule has 0 amide bonds. The Morgan fingerprint density at radius 1 is 0.392 bits per heavy atom. The van der Waals surface area contributed by atoms with Crippen LogP contribution in [0.15, 0.2) is 168 Å². The van der Waals surface area contributed by atoms with Gasteiger partial charge in [-0.25, -0.2) is 0 Å². The number of rotatable bonds is 4. The molecule has 0 aliphatic rings. The number of aromatic nitrogens is 5. The average Bonchev–Trinajstić information content (AvgIpc) is 3.85. The second kappa shape index (κ2) is 10.7. The van der Waals surface area contributed by atoms with E-state index in [4.69, 9.17) is 9.40 Å². The van der Waals surface area contributed by atoms with Crippen LogP contribution in [0, 0.1) is 0 Å². The Morgan fingerprint density at radius 3 is 1.51 bits per heavy atom. The molecule has 6 nitrogen and oxygen atoms in total. The summed E-state index contributed by atoms with van der Waals surface area (Å²) < 4.78 is 10.8. The zero-order valence-corrected chi connectivity index (χ0v) is 27.2. The van der Waals surface area contributed by atoms with Gasteiger partial charge in [0.15, 0.2) is 5.58 Å². The smallest absolute Gasteiger partial charge is 0.247 e. The second-order valence-electron chi connectivity index (χ2n) is 13.0. The summed E-state index contributed by atoms with van der Waals surface area (Å²) in [6.45, 7) is 0. The normalized spacial score (nSPS) is 11.9. The number of nitrogens with zero attached hydrogens (tertiary/aromatic N) is 5. The van der Waals surface area contributed by atoms with Crippen LogP contribution in [0.3, 0.4) is 0 Å². The maximum Gasteiger partial charge on any atom is 0.247 e. The molecule has 0 unspecified atom stereocenters. The quantitative estimate of drug-likeness (QED) is 0.190. The molecule has 6 heteroatoms. The van der Waals surface area contributed by atoms with Crippen molar-refractivity contribution < 1.29 is 4.42 Å². The van der Waals surface area contributed by atoms with Gasteiger partial charge in [0.1, 0.15) is 0 Å². The Bertz CT molecular complexity index is 2920. The highest BCUT2D eigenvalue weighted by molar-refractivity contribution is 6.12. The minimum Gasteiger partial charge on any atom is -0.435 e. The molecule has 0 spiro atoms. The van der Waals surface area contributed by atoms with E-state index in [9.17, 15) is 0 Å². The summed E-state index contributed by atoms with van der Waals surface area (Å²) in [4.78, 5) is 4.86. The molecule has 0 saturated carbocycles. The minimum absolute atomic E-state index is 0.492. The van der Waals surface area contributed by atoms with E-state index in [2.05, 4.69) is 171 Å². The van der Waals surface area contributed by atoms with Crippen LogP contribution in [-0.2, 0) is 0 Å². The van der Waals surface area contributed by atoms with Crippen LogP contribution in [-0.4, -0.2) is 24.3 Å². The third-order valence-electron chi connectivity index (χ3n) is 10.1. The third-order valence-corrected chi connectivity index (χ3v) is 10.1. The molecule has 0 aliphatic carbocycles. The maximum absolute atomic E-state index is 6.16. The van der Waals surface area contributed by atoms with Gasteiger partial charge in [-0.1, -0.05) is 97.1 Å². The maximum atomic E-state index is 6.16. The second-order valence-corrected chi connectivity index (χ2v) is 13.0. The van der Waals surface area contributed by atoms with E-state index in [0.29, 0.717) is 11.3 Å². The zero-order valence-electron chi connectivity index (χ0n) is 27.2. The summed E-state index contributed by atoms with van der Waals surface area (Å²) in [5.74, 6) is 0. The highest BCUT2D eigenvalue weighted by Gasteiger charge is 2.18. The molecule has 5 heterocycles. The van der Waals surface area contributed by atoms with E-state index in [1.807, 2.05) is 6.07 Å². The number of para-hydroxylation sites is 4. The van der Waals surface area contributed by atoms with Crippen molar-refractivity contribution in [1.82, 2.24) is 24.3 Å². The fourth-order valence-electron chi connectivity index (χ4n) is 7.76. The molecular formula is C45H27N5O. The summed E-state index contributed by atoms with van der Waals surface area (Å²) in [5.41, 5.74) is 11.7. The van der Waals surface area contributed by atoms with Crippen LogP contribution in [0.4, 0.5) is 0 Å². The molecule has 0 bridgehead atoms. The van der Waals surface area contributed by atoms with Gasteiger partial charge in [0, 0.05) is 49.4 Å². The fraction of sp³-hybridized carbons (Fsp3) is 0. The Morgan fingerprint density at radius 2 is 0.902 bits per heavy atom. The van der Waals surface area contributed by atoms with Crippen molar-refractivity contribution in [2.75, 3.05) is 0 Å². The number of fused-ring (bicyclic) bond motifs is 9. The molecule has 0 radical (unpaired) electrons. The first kappa shape index (κ1) is 27.9. The van der Waals surface area contributed by atoms with Crippen LogP contribution in [0.1, 0.15) is 0 Å². The number of benzene rings is 6. The first-order valence-electron chi connectivity index (χ1n) is 17.0. The van der Waals surface area contributed by atoms with Crippen molar-refractivity contribution in [3.8, 4) is 33.9 Å². The van der Waals surface area contributed by atoms with Gasteiger partial charge >= 0.3 is 0 Å². The van der Waals surface area contributed by atoms with E-state index < -0.39 is 0 Å². The number of pyridine rings is 1. The van der Waals surface area contributed by atoms with Crippen molar-refractivity contribution in [2.45, 2.75) is 0 Å². The van der Waals surface area contributed by atoms with Gasteiger partial charge in [0.2, 0.25) is 5.71 Å². The molecule has 238 valence electrons. The summed E-state index contributed by atoms with van der Waals surface area (Å²) >= 11 is 0. The molecule has 6 aromatic carbocycles. The van der Waals surface area contributed by atoms with Crippen molar-refractivity contribution >= 4 is 65.7 Å². The molecule has 0 fully saturated rings. The van der Waals surface area contributed by atoms with Gasteiger partial charge in [-0.2, -0.15) is 0 Å². The Kier molecular flexibility index (Phi) is 5.86. The van der Waals surface area contributed by atoms with E-state index in [0.717, 1.165) is 55.7 Å². The van der Waals surface area contributed by atoms with Crippen LogP contribution in [0.5, 0.6) is 0 Å². The molecule has 51 heavy (non-hydrogen) atoms. The highest BCUT2D eigenvalue weighted by Crippen LogP contribution is 2.38. The van der Waals surface area contributed by atoms with Crippen LogP contribution in [0.25, 0.3) is 99.6 Å². The number of furan rings is 1. The number of hydrogen-bond acceptors (Lipinski definition) is 4. The lowest BCUT2D eigenvalue weighted by Gasteiger charge is -2.09. The Labute approximate surface area is 291 Å². The lowest BCUT2D eigenvalue weighted by Crippen LogP contribution is -1.94. The van der Waals surface area contributed by atoms with E-state index >= 15 is 0 Å². The lowest BCUT2D eigenvalue weighted by atomic mass is 10.0. The Balaban J connectivity index is 1.07. The minimum atomic E-state index is 0.492. The predicted octanol–water partition coefficient (Wildman–Crippen LogP) is 11.3. The van der Waals surface area contributed by atoms with Gasteiger partial charge in [0.05, 0.1) is 45.0 Å². The molecule has 0 atom stereocenters. The number of hydrogen-bond donors (Lipinski definition) is 0. The fourth-order valence-corrected chi connectivity index (χ4v) is 7.76. The summed E-state index contributed by atoms with van der Waals surface area (Å²) in [6.07, 6.45) is 1.80. The molecule has 0 aliphatic heterocycles. The molecule has 0 N–H and O–H groups in total. The van der Waals surface area contributed by atoms with Gasteiger partial charge in [-0.05, 0) is 60.7 Å². The first-order valence-corrected chi connectivity index (χ1v) is 17.0. The van der Waals surface area contributed by atoms with Crippen molar-refractivity contribution in [3.63, 3.8) is 0 Å². The SMILES string of the molecule is c1ccc(-n2c3ccccc3c3ccc(-c4cc5c(cn4)oc4nnc(-c6ccc7c8ccccc8n(-c8ccccc8)c7c6)cc45)cc32)cc1. The van der Waals surface area contributed by atoms with E-state index in [1.165, 1.54) is 32.6 Å². The molecule has 11 rings (SSSR count). The van der Waals surface area contributed by atoms with Gasteiger partial charge in [-0.15, -0.1) is 10.2 Å².